The Kier molecular flexibility index (Phi) is 4.67. The van der Waals surface area contributed by atoms with Gasteiger partial charge < -0.3 is 0 Å². The van der Waals surface area contributed by atoms with Gasteiger partial charge in [0.25, 0.3) is 5.69 Å². The van der Waals surface area contributed by atoms with Crippen LogP contribution in [-0.4, -0.2) is 10.7 Å². The summed E-state index contributed by atoms with van der Waals surface area (Å²) in [6.07, 6.45) is 0.201. The Hall–Kier alpha value is -1.53. The molecule has 0 radical (unpaired) electrons. The van der Waals surface area contributed by atoms with E-state index in [1.807, 2.05) is 6.07 Å². The molecule has 0 heterocycles. The van der Waals surface area contributed by atoms with Crippen molar-refractivity contribution < 1.29 is 9.72 Å². The molecular weight excluding hydrogens is 390 g/mol. The number of ketones is 1. The molecule has 2 aromatic rings. The van der Waals surface area contributed by atoms with Crippen molar-refractivity contribution in [1.82, 2.24) is 0 Å². The highest BCUT2D eigenvalue weighted by Crippen LogP contribution is 2.23. The highest BCUT2D eigenvalue weighted by Gasteiger charge is 2.12. The van der Waals surface area contributed by atoms with Crippen LogP contribution in [0.2, 0.25) is 0 Å². The van der Waals surface area contributed by atoms with Gasteiger partial charge in [0, 0.05) is 33.1 Å². The minimum absolute atomic E-state index is 0.0184. The maximum Gasteiger partial charge on any atom is 0.269 e. The maximum atomic E-state index is 12.2. The van der Waals surface area contributed by atoms with Gasteiger partial charge in [0.15, 0.2) is 5.78 Å². The second-order valence-electron chi connectivity index (χ2n) is 4.15. The minimum atomic E-state index is -0.462. The van der Waals surface area contributed by atoms with E-state index in [2.05, 4.69) is 31.9 Å². The van der Waals surface area contributed by atoms with Crippen LogP contribution in [0.4, 0.5) is 5.69 Å². The van der Waals surface area contributed by atoms with Gasteiger partial charge in [-0.05, 0) is 23.8 Å². The molecule has 6 heteroatoms. The monoisotopic (exact) mass is 397 g/mol. The van der Waals surface area contributed by atoms with Gasteiger partial charge in [-0.2, -0.15) is 0 Å². The van der Waals surface area contributed by atoms with Crippen molar-refractivity contribution in [2.75, 3.05) is 0 Å². The molecule has 0 atom stereocenters. The Morgan fingerprint density at radius 1 is 1.10 bits per heavy atom. The molecule has 4 nitrogen and oxygen atoms in total. The van der Waals surface area contributed by atoms with E-state index in [-0.39, 0.29) is 17.9 Å². The van der Waals surface area contributed by atoms with Gasteiger partial charge in [-0.1, -0.05) is 44.0 Å². The molecular formula is C14H9Br2NO3. The van der Waals surface area contributed by atoms with E-state index >= 15 is 0 Å². The zero-order valence-electron chi connectivity index (χ0n) is 10.2. The lowest BCUT2D eigenvalue weighted by Crippen LogP contribution is -2.04. The number of benzene rings is 2. The summed E-state index contributed by atoms with van der Waals surface area (Å²) in [7, 11) is 0. The van der Waals surface area contributed by atoms with Crippen LogP contribution in [0.3, 0.4) is 0 Å². The smallest absolute Gasteiger partial charge is 0.269 e. The summed E-state index contributed by atoms with van der Waals surface area (Å²) in [6, 6.07) is 11.4. The molecule has 0 spiro atoms. The van der Waals surface area contributed by atoms with Crippen LogP contribution in [0.1, 0.15) is 15.9 Å². The van der Waals surface area contributed by atoms with Gasteiger partial charge in [-0.3, -0.25) is 14.9 Å². The fourth-order valence-electron chi connectivity index (χ4n) is 1.73. The van der Waals surface area contributed by atoms with E-state index in [1.165, 1.54) is 12.1 Å². The van der Waals surface area contributed by atoms with Crippen LogP contribution < -0.4 is 0 Å². The molecule has 0 amide bonds. The van der Waals surface area contributed by atoms with Crippen molar-refractivity contribution in [3.05, 3.63) is 72.7 Å². The fourth-order valence-corrected chi connectivity index (χ4v) is 2.56. The Morgan fingerprint density at radius 3 is 2.35 bits per heavy atom. The number of nitro benzene ring substituents is 1. The molecule has 0 saturated heterocycles. The first-order valence-electron chi connectivity index (χ1n) is 5.69. The molecule has 0 aromatic heterocycles. The summed E-state index contributed by atoms with van der Waals surface area (Å²) in [5.41, 5.74) is 1.34. The van der Waals surface area contributed by atoms with Crippen molar-refractivity contribution in [1.29, 1.82) is 0 Å². The quantitative estimate of drug-likeness (QED) is 0.431. The first-order valence-corrected chi connectivity index (χ1v) is 7.27. The molecule has 2 aromatic carbocycles. The molecule has 2 rings (SSSR count). The van der Waals surface area contributed by atoms with Crippen LogP contribution in [-0.2, 0) is 6.42 Å². The van der Waals surface area contributed by atoms with E-state index in [0.29, 0.717) is 5.56 Å². The number of hydrogen-bond acceptors (Lipinski definition) is 3. The number of non-ortho nitro benzene ring substituents is 1. The van der Waals surface area contributed by atoms with Crippen LogP contribution in [0.25, 0.3) is 0 Å². The lowest BCUT2D eigenvalue weighted by atomic mass is 10.0. The third kappa shape index (κ3) is 3.52. The number of Topliss-reactive ketones (excluding diaryl/α,β-unsaturated/α-hetero) is 1. The van der Waals surface area contributed by atoms with E-state index in [0.717, 1.165) is 14.5 Å². The Bertz CT molecular complexity index is 669. The van der Waals surface area contributed by atoms with Crippen molar-refractivity contribution in [2.24, 2.45) is 0 Å². The average molecular weight is 399 g/mol. The zero-order valence-corrected chi connectivity index (χ0v) is 13.3. The molecule has 0 aliphatic carbocycles. The van der Waals surface area contributed by atoms with Gasteiger partial charge in [0.1, 0.15) is 0 Å². The zero-order chi connectivity index (χ0) is 14.7. The predicted octanol–water partition coefficient (Wildman–Crippen LogP) is 4.55. The number of hydrogen-bond donors (Lipinski definition) is 0. The largest absolute Gasteiger partial charge is 0.294 e. The topological polar surface area (TPSA) is 60.2 Å². The Labute approximate surface area is 132 Å². The SMILES string of the molecule is O=C(Cc1ccc([N+](=O)[O-])cc1)c1cc(Br)ccc1Br. The van der Waals surface area contributed by atoms with Crippen molar-refractivity contribution in [2.45, 2.75) is 6.42 Å². The van der Waals surface area contributed by atoms with Crippen LogP contribution in [0.5, 0.6) is 0 Å². The number of carbonyl (C=O) groups excluding carboxylic acids is 1. The lowest BCUT2D eigenvalue weighted by molar-refractivity contribution is -0.384. The number of carbonyl (C=O) groups is 1. The average Bonchev–Trinajstić information content (AvgIpc) is 2.42. The number of halogens is 2. The summed E-state index contributed by atoms with van der Waals surface area (Å²) in [5, 5.41) is 10.6. The highest BCUT2D eigenvalue weighted by atomic mass is 79.9. The van der Waals surface area contributed by atoms with Crippen LogP contribution in [0.15, 0.2) is 51.4 Å². The third-order valence-corrected chi connectivity index (χ3v) is 3.93. The van der Waals surface area contributed by atoms with Crippen molar-refractivity contribution >= 4 is 43.3 Å². The van der Waals surface area contributed by atoms with Crippen molar-refractivity contribution in [3.63, 3.8) is 0 Å². The predicted molar refractivity (Wildman–Crippen MR) is 83.0 cm³/mol. The standard InChI is InChI=1S/C14H9Br2NO3/c15-10-3-6-13(16)12(8-10)14(18)7-9-1-4-11(5-2-9)17(19)20/h1-6,8H,7H2. The molecule has 0 bridgehead atoms. The second-order valence-corrected chi connectivity index (χ2v) is 5.92. The molecule has 102 valence electrons. The minimum Gasteiger partial charge on any atom is -0.294 e. The summed E-state index contributed by atoms with van der Waals surface area (Å²) >= 11 is 6.67. The summed E-state index contributed by atoms with van der Waals surface area (Å²) < 4.78 is 1.56. The summed E-state index contributed by atoms with van der Waals surface area (Å²) in [5.74, 6) is -0.0490. The Balaban J connectivity index is 2.19. The van der Waals surface area contributed by atoms with E-state index in [1.54, 1.807) is 24.3 Å². The van der Waals surface area contributed by atoms with Crippen LogP contribution >= 0.6 is 31.9 Å². The number of rotatable bonds is 4. The summed E-state index contributed by atoms with van der Waals surface area (Å²) in [4.78, 5) is 22.3. The van der Waals surface area contributed by atoms with Crippen LogP contribution in [0, 0.1) is 10.1 Å². The second kappa shape index (κ2) is 6.28. The Morgan fingerprint density at radius 2 is 1.75 bits per heavy atom. The van der Waals surface area contributed by atoms with E-state index in [4.69, 9.17) is 0 Å². The first-order chi connectivity index (χ1) is 9.47. The lowest BCUT2D eigenvalue weighted by Gasteiger charge is -2.05. The highest BCUT2D eigenvalue weighted by molar-refractivity contribution is 9.11. The van der Waals surface area contributed by atoms with Gasteiger partial charge in [0.05, 0.1) is 4.92 Å². The normalized spacial score (nSPS) is 10.3. The summed E-state index contributed by atoms with van der Waals surface area (Å²) in [6.45, 7) is 0. The van der Waals surface area contributed by atoms with Crippen molar-refractivity contribution in [3.8, 4) is 0 Å². The van der Waals surface area contributed by atoms with Gasteiger partial charge in [-0.25, -0.2) is 0 Å². The maximum absolute atomic E-state index is 12.2. The molecule has 0 aliphatic heterocycles. The van der Waals surface area contributed by atoms with Gasteiger partial charge in [-0.15, -0.1) is 0 Å². The molecule has 0 aliphatic rings. The molecule has 0 fully saturated rings. The fraction of sp³-hybridized carbons (Fsp3) is 0.0714. The third-order valence-electron chi connectivity index (χ3n) is 2.74. The molecule has 0 N–H and O–H groups in total. The van der Waals surface area contributed by atoms with E-state index < -0.39 is 4.92 Å². The molecule has 0 saturated carbocycles. The van der Waals surface area contributed by atoms with Gasteiger partial charge >= 0.3 is 0 Å². The first kappa shape index (κ1) is 14.9. The molecule has 20 heavy (non-hydrogen) atoms. The number of nitro groups is 1. The molecule has 0 unspecified atom stereocenters. The number of nitrogens with zero attached hydrogens (tertiary/aromatic N) is 1. The van der Waals surface area contributed by atoms with Gasteiger partial charge in [0.2, 0.25) is 0 Å². The van der Waals surface area contributed by atoms with E-state index in [9.17, 15) is 14.9 Å².